The molecular weight excluding hydrogens is 338 g/mol. The van der Waals surface area contributed by atoms with Crippen LogP contribution in [-0.4, -0.2) is 17.7 Å². The molecule has 0 aliphatic heterocycles. The van der Waals surface area contributed by atoms with Gasteiger partial charge in [0.2, 0.25) is 5.78 Å². The standard InChI is InChI=1S/C23H39NO3/c1-7-9-10-22(25)23(26)20(13-18(5)8-2)15-21(27-16-24)14-19(6)12-11-17(3)4/h11-12,17-21H,7-10,13-15H2,1-6H3. The van der Waals surface area contributed by atoms with E-state index >= 15 is 0 Å². The van der Waals surface area contributed by atoms with Crippen molar-refractivity contribution in [3.8, 4) is 6.26 Å². The van der Waals surface area contributed by atoms with Crippen molar-refractivity contribution < 1.29 is 14.3 Å². The highest BCUT2D eigenvalue weighted by molar-refractivity contribution is 6.37. The molecule has 0 aromatic carbocycles. The van der Waals surface area contributed by atoms with Crippen LogP contribution in [0.3, 0.4) is 0 Å². The number of unbranched alkanes of at least 4 members (excludes halogenated alkanes) is 1. The van der Waals surface area contributed by atoms with Crippen LogP contribution in [0.2, 0.25) is 0 Å². The maximum Gasteiger partial charge on any atom is 0.286 e. The van der Waals surface area contributed by atoms with Crippen molar-refractivity contribution in [3.63, 3.8) is 0 Å². The molecule has 0 radical (unpaired) electrons. The molecular formula is C23H39NO3. The minimum Gasteiger partial charge on any atom is -0.424 e. The summed E-state index contributed by atoms with van der Waals surface area (Å²) in [5.41, 5.74) is 0. The zero-order valence-corrected chi connectivity index (χ0v) is 18.2. The van der Waals surface area contributed by atoms with E-state index < -0.39 is 0 Å². The number of nitrogens with zero attached hydrogens (tertiary/aromatic N) is 1. The van der Waals surface area contributed by atoms with Gasteiger partial charge < -0.3 is 4.74 Å². The number of carbonyl (C=O) groups excluding carboxylic acids is 2. The van der Waals surface area contributed by atoms with Crippen molar-refractivity contribution in [1.29, 1.82) is 5.26 Å². The summed E-state index contributed by atoms with van der Waals surface area (Å²) in [6.45, 7) is 12.5. The Bertz CT molecular complexity index is 504. The van der Waals surface area contributed by atoms with Gasteiger partial charge >= 0.3 is 0 Å². The number of nitriles is 1. The first-order chi connectivity index (χ1) is 12.7. The van der Waals surface area contributed by atoms with Crippen molar-refractivity contribution in [2.45, 2.75) is 92.6 Å². The van der Waals surface area contributed by atoms with E-state index in [9.17, 15) is 9.59 Å². The SMILES string of the molecule is CCCCC(=O)C(=O)C(CC(C)CC)CC(CC(C)C=CC(C)C)OC#N. The average molecular weight is 378 g/mol. The van der Waals surface area contributed by atoms with E-state index in [1.807, 2.05) is 6.92 Å². The quantitative estimate of drug-likeness (QED) is 0.203. The van der Waals surface area contributed by atoms with E-state index in [1.54, 1.807) is 6.26 Å². The Hall–Kier alpha value is -1.63. The molecule has 0 aromatic rings. The van der Waals surface area contributed by atoms with Gasteiger partial charge in [-0.25, -0.2) is 0 Å². The highest BCUT2D eigenvalue weighted by Gasteiger charge is 2.30. The van der Waals surface area contributed by atoms with Crippen molar-refractivity contribution in [2.24, 2.45) is 23.7 Å². The molecule has 0 N–H and O–H groups in total. The second kappa shape index (κ2) is 14.4. The van der Waals surface area contributed by atoms with Crippen LogP contribution in [0.25, 0.3) is 0 Å². The van der Waals surface area contributed by atoms with Gasteiger partial charge in [-0.05, 0) is 43.4 Å². The van der Waals surface area contributed by atoms with Gasteiger partial charge in [-0.2, -0.15) is 5.26 Å². The van der Waals surface area contributed by atoms with Gasteiger partial charge in [0.1, 0.15) is 6.10 Å². The molecule has 0 aliphatic carbocycles. The van der Waals surface area contributed by atoms with Gasteiger partial charge in [-0.15, -0.1) is 0 Å². The number of ketones is 2. The summed E-state index contributed by atoms with van der Waals surface area (Å²) in [6.07, 6.45) is 10.5. The first-order valence-electron chi connectivity index (χ1n) is 10.5. The molecule has 0 heterocycles. The number of rotatable bonds is 15. The predicted molar refractivity (Wildman–Crippen MR) is 110 cm³/mol. The zero-order valence-electron chi connectivity index (χ0n) is 18.2. The highest BCUT2D eigenvalue weighted by atomic mass is 16.5. The second-order valence-electron chi connectivity index (χ2n) is 8.25. The molecule has 0 spiro atoms. The second-order valence-corrected chi connectivity index (χ2v) is 8.25. The molecule has 0 saturated carbocycles. The minimum absolute atomic E-state index is 0.251. The Balaban J connectivity index is 5.16. The van der Waals surface area contributed by atoms with Gasteiger partial charge in [-0.3, -0.25) is 9.59 Å². The molecule has 0 bridgehead atoms. The molecule has 0 rings (SSSR count). The Morgan fingerprint density at radius 2 is 1.70 bits per heavy atom. The van der Waals surface area contributed by atoms with E-state index in [4.69, 9.17) is 10.00 Å². The number of hydrogen-bond donors (Lipinski definition) is 0. The van der Waals surface area contributed by atoms with Crippen LogP contribution in [0.4, 0.5) is 0 Å². The smallest absolute Gasteiger partial charge is 0.286 e. The minimum atomic E-state index is -0.357. The largest absolute Gasteiger partial charge is 0.424 e. The lowest BCUT2D eigenvalue weighted by molar-refractivity contribution is -0.140. The third-order valence-corrected chi connectivity index (χ3v) is 5.01. The molecule has 27 heavy (non-hydrogen) atoms. The van der Waals surface area contributed by atoms with E-state index in [1.165, 1.54) is 0 Å². The summed E-state index contributed by atoms with van der Waals surface area (Å²) in [5.74, 6) is 0.178. The number of hydrogen-bond acceptors (Lipinski definition) is 4. The summed E-state index contributed by atoms with van der Waals surface area (Å²) in [5, 5.41) is 9.03. The molecule has 154 valence electrons. The molecule has 0 aliphatic rings. The van der Waals surface area contributed by atoms with Crippen LogP contribution in [0.15, 0.2) is 12.2 Å². The number of Topliss-reactive ketones (excluding diaryl/α,β-unsaturated/α-hetero) is 2. The van der Waals surface area contributed by atoms with Crippen LogP contribution in [0.5, 0.6) is 0 Å². The van der Waals surface area contributed by atoms with Crippen molar-refractivity contribution in [3.05, 3.63) is 12.2 Å². The fourth-order valence-corrected chi connectivity index (χ4v) is 3.14. The topological polar surface area (TPSA) is 67.2 Å². The van der Waals surface area contributed by atoms with E-state index in [0.29, 0.717) is 37.5 Å². The summed E-state index contributed by atoms with van der Waals surface area (Å²) >= 11 is 0. The maximum absolute atomic E-state index is 12.7. The summed E-state index contributed by atoms with van der Waals surface area (Å²) in [6, 6.07) is 0. The van der Waals surface area contributed by atoms with Crippen LogP contribution < -0.4 is 0 Å². The van der Waals surface area contributed by atoms with Gasteiger partial charge in [0.25, 0.3) is 6.26 Å². The molecule has 4 heteroatoms. The first kappa shape index (κ1) is 25.4. The van der Waals surface area contributed by atoms with Gasteiger partial charge in [0.05, 0.1) is 0 Å². The average Bonchev–Trinajstić information content (AvgIpc) is 2.63. The Morgan fingerprint density at radius 1 is 1.04 bits per heavy atom. The van der Waals surface area contributed by atoms with E-state index in [-0.39, 0.29) is 29.5 Å². The number of ether oxygens (including phenoxy) is 1. The van der Waals surface area contributed by atoms with Crippen molar-refractivity contribution >= 4 is 11.6 Å². The predicted octanol–water partition coefficient (Wildman–Crippen LogP) is 5.86. The van der Waals surface area contributed by atoms with Gasteiger partial charge in [-0.1, -0.05) is 66.5 Å². The van der Waals surface area contributed by atoms with E-state index in [0.717, 1.165) is 19.3 Å². The number of carbonyl (C=O) groups is 2. The Labute approximate surface area is 166 Å². The van der Waals surface area contributed by atoms with Crippen LogP contribution in [-0.2, 0) is 14.3 Å². The van der Waals surface area contributed by atoms with Crippen molar-refractivity contribution in [2.75, 3.05) is 0 Å². The normalized spacial score (nSPS) is 15.9. The molecule has 0 saturated heterocycles. The monoisotopic (exact) mass is 377 g/mol. The zero-order chi connectivity index (χ0) is 20.8. The lowest BCUT2D eigenvalue weighted by Crippen LogP contribution is -2.30. The maximum atomic E-state index is 12.7. The Morgan fingerprint density at radius 3 is 2.22 bits per heavy atom. The molecule has 4 atom stereocenters. The summed E-state index contributed by atoms with van der Waals surface area (Å²) < 4.78 is 5.28. The van der Waals surface area contributed by atoms with Gasteiger partial charge in [0.15, 0.2) is 5.78 Å². The summed E-state index contributed by atoms with van der Waals surface area (Å²) in [7, 11) is 0. The lowest BCUT2D eigenvalue weighted by Gasteiger charge is -2.24. The third kappa shape index (κ3) is 11.6. The molecule has 4 nitrogen and oxygen atoms in total. The fraction of sp³-hybridized carbons (Fsp3) is 0.783. The molecule has 0 aromatic heterocycles. The van der Waals surface area contributed by atoms with Crippen LogP contribution >= 0.6 is 0 Å². The number of allylic oxidation sites excluding steroid dienone is 2. The third-order valence-electron chi connectivity index (χ3n) is 5.01. The van der Waals surface area contributed by atoms with Crippen LogP contribution in [0, 0.1) is 35.2 Å². The summed E-state index contributed by atoms with van der Waals surface area (Å²) in [4.78, 5) is 25.0. The molecule has 0 amide bonds. The van der Waals surface area contributed by atoms with Crippen molar-refractivity contribution in [1.82, 2.24) is 0 Å². The Kier molecular flexibility index (Phi) is 13.6. The first-order valence-corrected chi connectivity index (χ1v) is 10.5. The van der Waals surface area contributed by atoms with E-state index in [2.05, 4.69) is 46.8 Å². The van der Waals surface area contributed by atoms with Gasteiger partial charge in [0, 0.05) is 12.3 Å². The van der Waals surface area contributed by atoms with Crippen LogP contribution in [0.1, 0.15) is 86.5 Å². The molecule has 4 unspecified atom stereocenters. The molecule has 0 fully saturated rings. The lowest BCUT2D eigenvalue weighted by atomic mass is 9.83. The highest BCUT2D eigenvalue weighted by Crippen LogP contribution is 2.26. The fourth-order valence-electron chi connectivity index (χ4n) is 3.14.